The highest BCUT2D eigenvalue weighted by atomic mass is 16.3. The fraction of sp³-hybridized carbons (Fsp3) is 0. The third kappa shape index (κ3) is 3.41. The molecule has 0 aliphatic carbocycles. The molecule has 5 N–H and O–H groups in total. The van der Waals surface area contributed by atoms with Gasteiger partial charge in [-0.3, -0.25) is 5.10 Å². The average molecular weight is 359 g/mol. The Morgan fingerprint density at radius 2 is 1.11 bits per heavy atom. The maximum atomic E-state index is 9.61. The van der Waals surface area contributed by atoms with Gasteiger partial charge in [-0.05, 0) is 66.2 Å². The number of aromatic nitrogens is 2. The summed E-state index contributed by atoms with van der Waals surface area (Å²) in [6.45, 7) is 0. The first-order valence-corrected chi connectivity index (χ1v) is 8.33. The van der Waals surface area contributed by atoms with Crippen molar-refractivity contribution in [2.75, 3.05) is 5.32 Å². The van der Waals surface area contributed by atoms with Crippen molar-refractivity contribution in [2.45, 2.75) is 0 Å². The summed E-state index contributed by atoms with van der Waals surface area (Å²) in [7, 11) is 0. The lowest BCUT2D eigenvalue weighted by Crippen LogP contribution is -1.93. The number of hydrogen-bond donors (Lipinski definition) is 5. The minimum absolute atomic E-state index is 0.182. The molecule has 27 heavy (non-hydrogen) atoms. The molecule has 0 aliphatic heterocycles. The van der Waals surface area contributed by atoms with Crippen molar-refractivity contribution in [3.63, 3.8) is 0 Å². The van der Waals surface area contributed by atoms with E-state index in [0.717, 1.165) is 28.1 Å². The largest absolute Gasteiger partial charge is 0.508 e. The zero-order valence-corrected chi connectivity index (χ0v) is 14.2. The fourth-order valence-electron chi connectivity index (χ4n) is 2.86. The van der Waals surface area contributed by atoms with E-state index in [1.165, 1.54) is 0 Å². The van der Waals surface area contributed by atoms with E-state index in [1.807, 2.05) is 12.1 Å². The molecule has 0 bridgehead atoms. The highest BCUT2D eigenvalue weighted by Gasteiger charge is 2.17. The summed E-state index contributed by atoms with van der Waals surface area (Å²) in [5.74, 6) is 1.16. The lowest BCUT2D eigenvalue weighted by Gasteiger charge is -2.09. The van der Waals surface area contributed by atoms with Gasteiger partial charge in [-0.25, -0.2) is 0 Å². The van der Waals surface area contributed by atoms with Gasteiger partial charge in [-0.15, -0.1) is 0 Å². The van der Waals surface area contributed by atoms with Crippen LogP contribution in [0, 0.1) is 0 Å². The van der Waals surface area contributed by atoms with Crippen LogP contribution in [0.3, 0.4) is 0 Å². The normalized spacial score (nSPS) is 10.7. The van der Waals surface area contributed by atoms with Gasteiger partial charge in [0.1, 0.15) is 17.2 Å². The molecule has 4 aromatic rings. The maximum absolute atomic E-state index is 9.61. The molecule has 0 amide bonds. The molecule has 134 valence electrons. The summed E-state index contributed by atoms with van der Waals surface area (Å²) in [4.78, 5) is 0. The molecule has 3 aromatic carbocycles. The number of aromatic amines is 1. The average Bonchev–Trinajstić information content (AvgIpc) is 3.08. The Labute approximate surface area is 155 Å². The summed E-state index contributed by atoms with van der Waals surface area (Å²) in [6, 6.07) is 20.4. The van der Waals surface area contributed by atoms with Crippen molar-refractivity contribution in [3.8, 4) is 39.6 Å². The smallest absolute Gasteiger partial charge is 0.160 e. The van der Waals surface area contributed by atoms with Crippen LogP contribution in [-0.4, -0.2) is 25.5 Å². The number of aromatic hydroxyl groups is 3. The fourth-order valence-corrected chi connectivity index (χ4v) is 2.86. The standard InChI is InChI=1S/C21H17N3O3/c25-16-7-1-13(2-8-16)19-20(14-3-9-17(26)10-4-14)23-24-21(19)22-15-5-11-18(27)12-6-15/h1-12,25-27H,(H2,22,23,24). The highest BCUT2D eigenvalue weighted by molar-refractivity contribution is 5.90. The van der Waals surface area contributed by atoms with Crippen molar-refractivity contribution in [2.24, 2.45) is 0 Å². The number of H-pyrrole nitrogens is 1. The van der Waals surface area contributed by atoms with Crippen LogP contribution in [-0.2, 0) is 0 Å². The summed E-state index contributed by atoms with van der Waals surface area (Å²) in [5.41, 5.74) is 4.11. The number of hydrogen-bond acceptors (Lipinski definition) is 5. The van der Waals surface area contributed by atoms with E-state index >= 15 is 0 Å². The number of rotatable bonds is 4. The topological polar surface area (TPSA) is 101 Å². The van der Waals surface area contributed by atoms with Gasteiger partial charge >= 0.3 is 0 Å². The first-order valence-electron chi connectivity index (χ1n) is 8.33. The number of nitrogens with zero attached hydrogens (tertiary/aromatic N) is 1. The quantitative estimate of drug-likeness (QED) is 0.343. The van der Waals surface area contributed by atoms with E-state index in [4.69, 9.17) is 0 Å². The molecule has 6 nitrogen and oxygen atoms in total. The van der Waals surface area contributed by atoms with Gasteiger partial charge in [0.25, 0.3) is 0 Å². The van der Waals surface area contributed by atoms with E-state index in [0.29, 0.717) is 5.82 Å². The Hall–Kier alpha value is -3.93. The van der Waals surface area contributed by atoms with Crippen LogP contribution in [0.2, 0.25) is 0 Å². The number of nitrogens with one attached hydrogen (secondary N) is 2. The Balaban J connectivity index is 1.82. The molecule has 0 fully saturated rings. The summed E-state index contributed by atoms with van der Waals surface area (Å²) >= 11 is 0. The molecule has 6 heteroatoms. The molecule has 0 saturated heterocycles. The molecule has 0 radical (unpaired) electrons. The van der Waals surface area contributed by atoms with Crippen molar-refractivity contribution < 1.29 is 15.3 Å². The SMILES string of the molecule is Oc1ccc(Nc2n[nH]c(-c3ccc(O)cc3)c2-c2ccc(O)cc2)cc1. The summed E-state index contributed by atoms with van der Waals surface area (Å²) in [6.07, 6.45) is 0. The number of anilines is 2. The molecule has 0 saturated carbocycles. The van der Waals surface area contributed by atoms with Crippen molar-refractivity contribution >= 4 is 11.5 Å². The van der Waals surface area contributed by atoms with Crippen LogP contribution in [0.1, 0.15) is 0 Å². The molecule has 0 spiro atoms. The Morgan fingerprint density at radius 1 is 0.630 bits per heavy atom. The maximum Gasteiger partial charge on any atom is 0.160 e. The van der Waals surface area contributed by atoms with Crippen LogP contribution in [0.15, 0.2) is 72.8 Å². The number of phenols is 3. The summed E-state index contributed by atoms with van der Waals surface area (Å²) < 4.78 is 0. The van der Waals surface area contributed by atoms with Crippen LogP contribution in [0.5, 0.6) is 17.2 Å². The van der Waals surface area contributed by atoms with Crippen LogP contribution >= 0.6 is 0 Å². The Morgan fingerprint density at radius 3 is 1.67 bits per heavy atom. The highest BCUT2D eigenvalue weighted by Crippen LogP contribution is 2.38. The Bertz CT molecular complexity index is 1050. The molecule has 0 atom stereocenters. The van der Waals surface area contributed by atoms with E-state index < -0.39 is 0 Å². The number of phenolic OH excluding ortho intramolecular Hbond substituents is 3. The van der Waals surface area contributed by atoms with Crippen LogP contribution in [0.25, 0.3) is 22.4 Å². The molecule has 1 heterocycles. The predicted octanol–water partition coefficient (Wildman–Crippen LogP) is 4.60. The van der Waals surface area contributed by atoms with Gasteiger partial charge < -0.3 is 20.6 Å². The van der Waals surface area contributed by atoms with Crippen molar-refractivity contribution in [1.82, 2.24) is 10.2 Å². The molecule has 0 unspecified atom stereocenters. The first kappa shape index (κ1) is 16.5. The number of benzene rings is 3. The summed E-state index contributed by atoms with van der Waals surface area (Å²) in [5, 5.41) is 39.3. The zero-order chi connectivity index (χ0) is 18.8. The zero-order valence-electron chi connectivity index (χ0n) is 14.2. The Kier molecular flexibility index (Phi) is 4.14. The predicted molar refractivity (Wildman–Crippen MR) is 104 cm³/mol. The third-order valence-electron chi connectivity index (χ3n) is 4.21. The second-order valence-corrected chi connectivity index (χ2v) is 6.09. The van der Waals surface area contributed by atoms with Gasteiger partial charge in [0, 0.05) is 11.3 Å². The second-order valence-electron chi connectivity index (χ2n) is 6.09. The van der Waals surface area contributed by atoms with Gasteiger partial charge in [-0.2, -0.15) is 5.10 Å². The van der Waals surface area contributed by atoms with Crippen LogP contribution in [0.4, 0.5) is 11.5 Å². The van der Waals surface area contributed by atoms with E-state index in [2.05, 4.69) is 15.5 Å². The molecule has 4 rings (SSSR count). The monoisotopic (exact) mass is 359 g/mol. The molecular formula is C21H17N3O3. The second kappa shape index (κ2) is 6.76. The van der Waals surface area contributed by atoms with E-state index in [-0.39, 0.29) is 17.2 Å². The minimum Gasteiger partial charge on any atom is -0.508 e. The first-order chi connectivity index (χ1) is 13.1. The van der Waals surface area contributed by atoms with E-state index in [9.17, 15) is 15.3 Å². The van der Waals surface area contributed by atoms with E-state index in [1.54, 1.807) is 60.7 Å². The van der Waals surface area contributed by atoms with Gasteiger partial charge in [0.15, 0.2) is 5.82 Å². The lowest BCUT2D eigenvalue weighted by atomic mass is 10.0. The van der Waals surface area contributed by atoms with Gasteiger partial charge in [-0.1, -0.05) is 12.1 Å². The lowest BCUT2D eigenvalue weighted by molar-refractivity contribution is 0.475. The molecule has 1 aromatic heterocycles. The third-order valence-corrected chi connectivity index (χ3v) is 4.21. The molecule has 0 aliphatic rings. The minimum atomic E-state index is 0.182. The van der Waals surface area contributed by atoms with Crippen LogP contribution < -0.4 is 5.32 Å². The molecular weight excluding hydrogens is 342 g/mol. The van der Waals surface area contributed by atoms with Crippen molar-refractivity contribution in [1.29, 1.82) is 0 Å². The van der Waals surface area contributed by atoms with Gasteiger partial charge in [0.05, 0.1) is 11.3 Å². The van der Waals surface area contributed by atoms with Gasteiger partial charge in [0.2, 0.25) is 0 Å². The van der Waals surface area contributed by atoms with Crippen molar-refractivity contribution in [3.05, 3.63) is 72.8 Å².